The van der Waals surface area contributed by atoms with Crippen molar-refractivity contribution in [1.29, 1.82) is 0 Å². The molecule has 0 saturated heterocycles. The zero-order chi connectivity index (χ0) is 11.5. The first-order valence-electron chi connectivity index (χ1n) is 5.81. The minimum absolute atomic E-state index is 0.136. The molecule has 0 radical (unpaired) electrons. The van der Waals surface area contributed by atoms with Crippen LogP contribution < -0.4 is 0 Å². The number of amides is 2. The maximum atomic E-state index is 12.1. The maximum absolute atomic E-state index is 12.1. The first kappa shape index (κ1) is 11.0. The summed E-state index contributed by atoms with van der Waals surface area (Å²) < 4.78 is 0. The molecule has 0 spiro atoms. The molecule has 16 heavy (non-hydrogen) atoms. The van der Waals surface area contributed by atoms with E-state index in [2.05, 4.69) is 10.2 Å². The van der Waals surface area contributed by atoms with Gasteiger partial charge in [-0.1, -0.05) is 0 Å². The molecule has 1 aromatic rings. The second-order valence-corrected chi connectivity index (χ2v) is 4.00. The Morgan fingerprint density at radius 2 is 2.31 bits per heavy atom. The number of H-pyrrole nitrogens is 1. The van der Waals surface area contributed by atoms with Gasteiger partial charge in [0.1, 0.15) is 0 Å². The van der Waals surface area contributed by atoms with Crippen molar-refractivity contribution in [3.8, 4) is 0 Å². The summed E-state index contributed by atoms with van der Waals surface area (Å²) in [7, 11) is 0. The molecule has 1 N–H and O–H groups in total. The molecule has 1 aliphatic heterocycles. The zero-order valence-corrected chi connectivity index (χ0v) is 9.86. The van der Waals surface area contributed by atoms with Crippen molar-refractivity contribution >= 4 is 6.03 Å². The lowest BCUT2D eigenvalue weighted by atomic mass is 10.1. The summed E-state index contributed by atoms with van der Waals surface area (Å²) in [6, 6.07) is 0.136. The first-order valence-corrected chi connectivity index (χ1v) is 5.81. The summed E-state index contributed by atoms with van der Waals surface area (Å²) >= 11 is 0. The molecule has 0 bridgehead atoms. The smallest absolute Gasteiger partial charge is 0.320 e. The van der Waals surface area contributed by atoms with Crippen molar-refractivity contribution in [3.63, 3.8) is 0 Å². The van der Waals surface area contributed by atoms with Gasteiger partial charge in [0, 0.05) is 37.3 Å². The topological polar surface area (TPSA) is 52.2 Å². The average molecular weight is 222 g/mol. The highest BCUT2D eigenvalue weighted by Crippen LogP contribution is 2.17. The number of nitrogens with zero attached hydrogens (tertiary/aromatic N) is 3. The Balaban J connectivity index is 2.05. The van der Waals surface area contributed by atoms with Crippen molar-refractivity contribution in [2.75, 3.05) is 19.6 Å². The molecule has 1 aromatic heterocycles. The lowest BCUT2D eigenvalue weighted by molar-refractivity contribution is 0.152. The summed E-state index contributed by atoms with van der Waals surface area (Å²) in [5.74, 6) is 0. The molecule has 88 valence electrons. The lowest BCUT2D eigenvalue weighted by Gasteiger charge is -2.31. The van der Waals surface area contributed by atoms with Gasteiger partial charge in [-0.25, -0.2) is 4.79 Å². The van der Waals surface area contributed by atoms with Gasteiger partial charge in [-0.05, 0) is 13.8 Å². The summed E-state index contributed by atoms with van der Waals surface area (Å²) in [4.78, 5) is 15.9. The van der Waals surface area contributed by atoms with E-state index in [-0.39, 0.29) is 6.03 Å². The van der Waals surface area contributed by atoms with E-state index in [9.17, 15) is 4.79 Å². The van der Waals surface area contributed by atoms with E-state index in [0.717, 1.165) is 31.6 Å². The van der Waals surface area contributed by atoms with Gasteiger partial charge in [0.05, 0.1) is 12.7 Å². The molecule has 2 rings (SSSR count). The number of carbonyl (C=O) groups excluding carboxylic acids is 1. The average Bonchev–Trinajstić information content (AvgIpc) is 2.77. The van der Waals surface area contributed by atoms with Crippen LogP contribution in [0.2, 0.25) is 0 Å². The van der Waals surface area contributed by atoms with Crippen LogP contribution in [0.4, 0.5) is 4.79 Å². The van der Waals surface area contributed by atoms with Crippen LogP contribution in [-0.4, -0.2) is 45.7 Å². The van der Waals surface area contributed by atoms with Crippen LogP contribution in [0.15, 0.2) is 6.20 Å². The highest BCUT2D eigenvalue weighted by Gasteiger charge is 2.24. The Morgan fingerprint density at radius 3 is 3.00 bits per heavy atom. The minimum Gasteiger partial charge on any atom is -0.325 e. The predicted molar refractivity (Wildman–Crippen MR) is 61.0 cm³/mol. The fourth-order valence-electron chi connectivity index (χ4n) is 2.08. The number of hydrogen-bond donors (Lipinski definition) is 1. The van der Waals surface area contributed by atoms with Crippen molar-refractivity contribution in [1.82, 2.24) is 20.0 Å². The fourth-order valence-corrected chi connectivity index (χ4v) is 2.08. The molecular formula is C11H18N4O. The van der Waals surface area contributed by atoms with E-state index in [1.54, 1.807) is 0 Å². The van der Waals surface area contributed by atoms with Gasteiger partial charge >= 0.3 is 6.03 Å². The Labute approximate surface area is 95.4 Å². The van der Waals surface area contributed by atoms with Crippen LogP contribution in [0.25, 0.3) is 0 Å². The highest BCUT2D eigenvalue weighted by atomic mass is 16.2. The number of aromatic nitrogens is 2. The van der Waals surface area contributed by atoms with Gasteiger partial charge < -0.3 is 9.80 Å². The SMILES string of the molecule is CCN(CC)C(=O)N1CCc2[nH]ncc2C1. The Kier molecular flexibility index (Phi) is 3.12. The molecule has 2 heterocycles. The number of aromatic amines is 1. The molecule has 0 atom stereocenters. The maximum Gasteiger partial charge on any atom is 0.320 e. The monoisotopic (exact) mass is 222 g/mol. The second kappa shape index (κ2) is 4.55. The van der Waals surface area contributed by atoms with E-state index < -0.39 is 0 Å². The molecule has 5 nitrogen and oxygen atoms in total. The van der Waals surface area contributed by atoms with E-state index in [1.807, 2.05) is 29.8 Å². The second-order valence-electron chi connectivity index (χ2n) is 4.00. The quantitative estimate of drug-likeness (QED) is 0.818. The molecular weight excluding hydrogens is 204 g/mol. The lowest BCUT2D eigenvalue weighted by Crippen LogP contribution is -2.45. The van der Waals surface area contributed by atoms with Gasteiger partial charge in [-0.3, -0.25) is 5.10 Å². The predicted octanol–water partition coefficient (Wildman–Crippen LogP) is 1.23. The van der Waals surface area contributed by atoms with Crippen molar-refractivity contribution in [3.05, 3.63) is 17.5 Å². The number of hydrogen-bond acceptors (Lipinski definition) is 2. The molecule has 1 aliphatic rings. The van der Waals surface area contributed by atoms with Crippen LogP contribution in [0, 0.1) is 0 Å². The van der Waals surface area contributed by atoms with Crippen LogP contribution in [0.1, 0.15) is 25.1 Å². The summed E-state index contributed by atoms with van der Waals surface area (Å²) in [6.45, 7) is 7.02. The van der Waals surface area contributed by atoms with Gasteiger partial charge in [0.2, 0.25) is 0 Å². The molecule has 0 unspecified atom stereocenters. The van der Waals surface area contributed by atoms with Crippen molar-refractivity contribution in [2.45, 2.75) is 26.8 Å². The number of nitrogens with one attached hydrogen (secondary N) is 1. The van der Waals surface area contributed by atoms with E-state index in [1.165, 1.54) is 5.69 Å². The number of fused-ring (bicyclic) bond motifs is 1. The Hall–Kier alpha value is -1.52. The number of urea groups is 1. The van der Waals surface area contributed by atoms with Gasteiger partial charge in [-0.2, -0.15) is 5.10 Å². The van der Waals surface area contributed by atoms with Crippen LogP contribution in [0.3, 0.4) is 0 Å². The Morgan fingerprint density at radius 1 is 1.56 bits per heavy atom. The fraction of sp³-hybridized carbons (Fsp3) is 0.636. The van der Waals surface area contributed by atoms with E-state index in [4.69, 9.17) is 0 Å². The summed E-state index contributed by atoms with van der Waals surface area (Å²) in [5, 5.41) is 6.98. The third-order valence-corrected chi connectivity index (χ3v) is 3.10. The van der Waals surface area contributed by atoms with Gasteiger partial charge in [0.25, 0.3) is 0 Å². The highest BCUT2D eigenvalue weighted by molar-refractivity contribution is 5.74. The van der Waals surface area contributed by atoms with E-state index in [0.29, 0.717) is 6.54 Å². The largest absolute Gasteiger partial charge is 0.325 e. The van der Waals surface area contributed by atoms with Crippen LogP contribution in [-0.2, 0) is 13.0 Å². The summed E-state index contributed by atoms with van der Waals surface area (Å²) in [5.41, 5.74) is 2.32. The Bertz CT molecular complexity index is 370. The molecule has 2 amide bonds. The minimum atomic E-state index is 0.136. The number of carbonyl (C=O) groups is 1. The van der Waals surface area contributed by atoms with Crippen molar-refractivity contribution in [2.24, 2.45) is 0 Å². The molecule has 0 aliphatic carbocycles. The van der Waals surface area contributed by atoms with E-state index >= 15 is 0 Å². The first-order chi connectivity index (χ1) is 7.76. The third-order valence-electron chi connectivity index (χ3n) is 3.10. The molecule has 0 saturated carbocycles. The van der Waals surface area contributed by atoms with Crippen LogP contribution in [0.5, 0.6) is 0 Å². The number of rotatable bonds is 2. The zero-order valence-electron chi connectivity index (χ0n) is 9.86. The molecule has 5 heteroatoms. The van der Waals surface area contributed by atoms with Gasteiger partial charge in [0.15, 0.2) is 0 Å². The third kappa shape index (κ3) is 1.89. The summed E-state index contributed by atoms with van der Waals surface area (Å²) in [6.07, 6.45) is 2.69. The standard InChI is InChI=1S/C11H18N4O/c1-3-14(4-2)11(16)15-6-5-10-9(8-15)7-12-13-10/h7H,3-6,8H2,1-2H3,(H,12,13). The normalized spacial score (nSPS) is 14.8. The van der Waals surface area contributed by atoms with Crippen LogP contribution >= 0.6 is 0 Å². The van der Waals surface area contributed by atoms with Crippen molar-refractivity contribution < 1.29 is 4.79 Å². The molecule has 0 aromatic carbocycles. The molecule has 0 fully saturated rings. The van der Waals surface area contributed by atoms with Gasteiger partial charge in [-0.15, -0.1) is 0 Å².